The van der Waals surface area contributed by atoms with Crippen LogP contribution in [-0.2, 0) is 22.4 Å². The van der Waals surface area contributed by atoms with Crippen LogP contribution in [0, 0.1) is 5.92 Å². The molecule has 0 bridgehead atoms. The summed E-state index contributed by atoms with van der Waals surface area (Å²) >= 11 is 1.45. The summed E-state index contributed by atoms with van der Waals surface area (Å²) in [6.07, 6.45) is 3.10. The lowest BCUT2D eigenvalue weighted by Crippen LogP contribution is -2.28. The molecular formula is C22H23N3O4S. The molecule has 7 nitrogen and oxygen atoms in total. The Morgan fingerprint density at radius 2 is 1.83 bits per heavy atom. The van der Waals surface area contributed by atoms with Crippen molar-refractivity contribution in [3.05, 3.63) is 45.8 Å². The molecule has 0 spiro atoms. The molecule has 8 heteroatoms. The molecule has 1 fully saturated rings. The van der Waals surface area contributed by atoms with Crippen molar-refractivity contribution < 1.29 is 19.2 Å². The zero-order valence-electron chi connectivity index (χ0n) is 16.9. The normalized spacial score (nSPS) is 18.3. The number of fused-ring (bicyclic) bond motifs is 1. The second-order valence-electron chi connectivity index (χ2n) is 7.76. The number of benzene rings is 1. The van der Waals surface area contributed by atoms with E-state index in [-0.39, 0.29) is 36.5 Å². The van der Waals surface area contributed by atoms with Crippen LogP contribution in [0.15, 0.2) is 24.3 Å². The minimum absolute atomic E-state index is 0.184. The fraction of sp³-hybridized carbons (Fsp3) is 0.364. The van der Waals surface area contributed by atoms with Crippen molar-refractivity contribution in [3.63, 3.8) is 0 Å². The standard InChI is InChI=1S/C22H23N3O4S/c1-12-6-7-15-16(10-12)30-22(19(15)21(29)23-2)24-20(28)13-4-3-5-14(11-13)25-17(26)8-9-18(25)27/h3-5,11-12H,6-10H2,1-2H3,(H,23,29)(H,24,28)/t12-/m0/s1. The largest absolute Gasteiger partial charge is 0.355 e. The van der Waals surface area contributed by atoms with E-state index in [1.165, 1.54) is 17.4 Å². The van der Waals surface area contributed by atoms with Gasteiger partial charge in [0.05, 0.1) is 11.3 Å². The maximum atomic E-state index is 13.0. The van der Waals surface area contributed by atoms with Crippen LogP contribution in [0.25, 0.3) is 0 Å². The van der Waals surface area contributed by atoms with Gasteiger partial charge in [0.15, 0.2) is 0 Å². The maximum Gasteiger partial charge on any atom is 0.256 e. The minimum atomic E-state index is -0.382. The van der Waals surface area contributed by atoms with Gasteiger partial charge in [-0.25, -0.2) is 0 Å². The van der Waals surface area contributed by atoms with E-state index in [1.54, 1.807) is 25.2 Å². The smallest absolute Gasteiger partial charge is 0.256 e. The van der Waals surface area contributed by atoms with Crippen molar-refractivity contribution in [2.45, 2.75) is 39.0 Å². The fourth-order valence-corrected chi connectivity index (χ4v) is 5.43. The third-order valence-electron chi connectivity index (χ3n) is 5.61. The number of hydrogen-bond acceptors (Lipinski definition) is 5. The van der Waals surface area contributed by atoms with E-state index in [4.69, 9.17) is 0 Å². The van der Waals surface area contributed by atoms with Crippen molar-refractivity contribution in [2.24, 2.45) is 5.92 Å². The average molecular weight is 426 g/mol. The number of imide groups is 1. The van der Waals surface area contributed by atoms with E-state index in [1.807, 2.05) is 0 Å². The molecular weight excluding hydrogens is 402 g/mol. The highest BCUT2D eigenvalue weighted by Gasteiger charge is 2.31. The number of anilines is 2. The third kappa shape index (κ3) is 3.63. The number of nitrogens with one attached hydrogen (secondary N) is 2. The molecule has 2 aromatic rings. The van der Waals surface area contributed by atoms with Gasteiger partial charge in [-0.15, -0.1) is 11.3 Å². The molecule has 0 saturated carbocycles. The molecule has 4 rings (SSSR count). The summed E-state index contributed by atoms with van der Waals surface area (Å²) in [5.41, 5.74) is 2.28. The van der Waals surface area contributed by atoms with E-state index in [0.29, 0.717) is 27.7 Å². The highest BCUT2D eigenvalue weighted by Crippen LogP contribution is 2.40. The van der Waals surface area contributed by atoms with Crippen LogP contribution < -0.4 is 15.5 Å². The third-order valence-corrected chi connectivity index (χ3v) is 6.78. The topological polar surface area (TPSA) is 95.6 Å². The Morgan fingerprint density at radius 1 is 1.10 bits per heavy atom. The van der Waals surface area contributed by atoms with E-state index >= 15 is 0 Å². The molecule has 1 atom stereocenters. The van der Waals surface area contributed by atoms with Crippen LogP contribution in [0.1, 0.15) is 57.3 Å². The van der Waals surface area contributed by atoms with Crippen molar-refractivity contribution in [1.82, 2.24) is 5.32 Å². The lowest BCUT2D eigenvalue weighted by molar-refractivity contribution is -0.121. The molecule has 2 aliphatic rings. The summed E-state index contributed by atoms with van der Waals surface area (Å²) in [5, 5.41) is 6.10. The maximum absolute atomic E-state index is 13.0. The highest BCUT2D eigenvalue weighted by molar-refractivity contribution is 7.17. The van der Waals surface area contributed by atoms with Gasteiger partial charge in [0, 0.05) is 30.3 Å². The van der Waals surface area contributed by atoms with Crippen molar-refractivity contribution in [2.75, 3.05) is 17.3 Å². The monoisotopic (exact) mass is 425 g/mol. The van der Waals surface area contributed by atoms with Gasteiger partial charge in [0.2, 0.25) is 11.8 Å². The van der Waals surface area contributed by atoms with E-state index in [9.17, 15) is 19.2 Å². The van der Waals surface area contributed by atoms with E-state index in [2.05, 4.69) is 17.6 Å². The Hall–Kier alpha value is -3.00. The first-order chi connectivity index (χ1) is 14.4. The van der Waals surface area contributed by atoms with Crippen LogP contribution in [0.5, 0.6) is 0 Å². The molecule has 0 unspecified atom stereocenters. The molecule has 156 valence electrons. The highest BCUT2D eigenvalue weighted by atomic mass is 32.1. The Morgan fingerprint density at radius 3 is 2.53 bits per heavy atom. The molecule has 1 aliphatic heterocycles. The molecule has 2 N–H and O–H groups in total. The number of thiophene rings is 1. The predicted molar refractivity (Wildman–Crippen MR) is 115 cm³/mol. The van der Waals surface area contributed by atoms with Crippen LogP contribution in [0.3, 0.4) is 0 Å². The van der Waals surface area contributed by atoms with Crippen molar-refractivity contribution in [3.8, 4) is 0 Å². The first kappa shape index (κ1) is 20.3. The lowest BCUT2D eigenvalue weighted by Gasteiger charge is -2.18. The van der Waals surface area contributed by atoms with Crippen molar-refractivity contribution in [1.29, 1.82) is 0 Å². The molecule has 1 aromatic heterocycles. The van der Waals surface area contributed by atoms with Gasteiger partial charge < -0.3 is 10.6 Å². The second-order valence-corrected chi connectivity index (χ2v) is 8.87. The molecule has 2 heterocycles. The number of nitrogens with zero attached hydrogens (tertiary/aromatic N) is 1. The van der Waals surface area contributed by atoms with Gasteiger partial charge in [-0.05, 0) is 48.9 Å². The van der Waals surface area contributed by atoms with Gasteiger partial charge in [0.25, 0.3) is 11.8 Å². The van der Waals surface area contributed by atoms with E-state index < -0.39 is 0 Å². The zero-order chi connectivity index (χ0) is 21.4. The number of carbonyl (C=O) groups is 4. The Kier molecular flexibility index (Phi) is 5.42. The van der Waals surface area contributed by atoms with Gasteiger partial charge >= 0.3 is 0 Å². The summed E-state index contributed by atoms with van der Waals surface area (Å²) in [4.78, 5) is 51.8. The fourth-order valence-electron chi connectivity index (χ4n) is 4.03. The number of hydrogen-bond donors (Lipinski definition) is 2. The van der Waals surface area contributed by atoms with Crippen LogP contribution >= 0.6 is 11.3 Å². The number of carbonyl (C=O) groups excluding carboxylic acids is 4. The van der Waals surface area contributed by atoms with Crippen LogP contribution in [0.4, 0.5) is 10.7 Å². The van der Waals surface area contributed by atoms with Crippen LogP contribution in [-0.4, -0.2) is 30.7 Å². The van der Waals surface area contributed by atoms with Gasteiger partial charge in [0.1, 0.15) is 5.00 Å². The Labute approximate surface area is 178 Å². The zero-order valence-corrected chi connectivity index (χ0v) is 17.7. The number of amides is 4. The summed E-state index contributed by atoms with van der Waals surface area (Å²) in [7, 11) is 1.58. The molecule has 30 heavy (non-hydrogen) atoms. The van der Waals surface area contributed by atoms with Gasteiger partial charge in [-0.1, -0.05) is 13.0 Å². The molecule has 1 aromatic carbocycles. The summed E-state index contributed by atoms with van der Waals surface area (Å²) in [6, 6.07) is 6.44. The van der Waals surface area contributed by atoms with Crippen LogP contribution in [0.2, 0.25) is 0 Å². The molecule has 4 amide bonds. The minimum Gasteiger partial charge on any atom is -0.355 e. The molecule has 0 radical (unpaired) electrons. The Balaban J connectivity index is 1.63. The quantitative estimate of drug-likeness (QED) is 0.736. The second kappa shape index (κ2) is 8.02. The summed E-state index contributed by atoms with van der Waals surface area (Å²) < 4.78 is 0. The predicted octanol–water partition coefficient (Wildman–Crippen LogP) is 3.14. The first-order valence-corrected chi connectivity index (χ1v) is 10.8. The Bertz CT molecular complexity index is 1040. The molecule has 1 saturated heterocycles. The number of rotatable bonds is 4. The molecule has 1 aliphatic carbocycles. The van der Waals surface area contributed by atoms with Gasteiger partial charge in [-0.2, -0.15) is 0 Å². The first-order valence-electron chi connectivity index (χ1n) is 10.0. The SMILES string of the molecule is CNC(=O)c1c(NC(=O)c2cccc(N3C(=O)CCC3=O)c2)sc2c1CC[C@H](C)C2. The summed E-state index contributed by atoms with van der Waals surface area (Å²) in [5.74, 6) is -0.574. The van der Waals surface area contributed by atoms with Crippen molar-refractivity contribution >= 4 is 45.7 Å². The summed E-state index contributed by atoms with van der Waals surface area (Å²) in [6.45, 7) is 2.19. The van der Waals surface area contributed by atoms with Gasteiger partial charge in [-0.3, -0.25) is 24.1 Å². The lowest BCUT2D eigenvalue weighted by atomic mass is 9.88. The average Bonchev–Trinajstić information content (AvgIpc) is 3.25. The van der Waals surface area contributed by atoms with E-state index in [0.717, 1.165) is 34.6 Å².